The Balaban J connectivity index is 2.34. The Morgan fingerprint density at radius 2 is 2.04 bits per heavy atom. The van der Waals surface area contributed by atoms with Crippen LogP contribution in [0, 0.1) is 6.92 Å². The first-order valence-electron chi connectivity index (χ1n) is 7.18. The van der Waals surface area contributed by atoms with Gasteiger partial charge in [0.1, 0.15) is 5.54 Å². The highest BCUT2D eigenvalue weighted by Gasteiger charge is 2.32. The molecule has 23 heavy (non-hydrogen) atoms. The number of aromatic nitrogens is 3. The third-order valence-corrected chi connectivity index (χ3v) is 5.12. The summed E-state index contributed by atoms with van der Waals surface area (Å²) in [6, 6.07) is 5.95. The van der Waals surface area contributed by atoms with E-state index in [0.717, 1.165) is 10.4 Å². The maximum atomic E-state index is 12.6. The average Bonchev–Trinajstić information content (AvgIpc) is 3.02. The molecule has 3 rings (SSSR count). The number of carbonyl (C=O) groups excluding carboxylic acids is 1. The van der Waals surface area contributed by atoms with Crippen LogP contribution in [0.5, 0.6) is 0 Å². The lowest BCUT2D eigenvalue weighted by atomic mass is 10.0. The number of nitrogens with zero attached hydrogens (tertiary/aromatic N) is 3. The topological polar surface area (TPSA) is 82.9 Å². The molecule has 0 saturated carbocycles. The SMILES string of the molecule is Cc1ccc(-c2cnc3c(c2)n(C(C)(C)C(N)=O)c(=O)n3C)s1. The molecule has 0 spiro atoms. The van der Waals surface area contributed by atoms with Crippen LogP contribution in [0.2, 0.25) is 0 Å². The van der Waals surface area contributed by atoms with Crippen LogP contribution in [0.25, 0.3) is 21.6 Å². The van der Waals surface area contributed by atoms with Crippen molar-refractivity contribution in [2.24, 2.45) is 12.8 Å². The van der Waals surface area contributed by atoms with Crippen molar-refractivity contribution in [2.75, 3.05) is 0 Å². The van der Waals surface area contributed by atoms with Crippen LogP contribution in [0.3, 0.4) is 0 Å². The fourth-order valence-corrected chi connectivity index (χ4v) is 3.44. The smallest absolute Gasteiger partial charge is 0.331 e. The van der Waals surface area contributed by atoms with Gasteiger partial charge >= 0.3 is 5.69 Å². The van der Waals surface area contributed by atoms with Crippen molar-refractivity contribution in [1.82, 2.24) is 14.1 Å². The number of amides is 1. The molecule has 0 bridgehead atoms. The molecule has 0 radical (unpaired) electrons. The van der Waals surface area contributed by atoms with E-state index in [1.54, 1.807) is 38.4 Å². The van der Waals surface area contributed by atoms with E-state index in [4.69, 9.17) is 5.73 Å². The largest absolute Gasteiger partial charge is 0.368 e. The van der Waals surface area contributed by atoms with Crippen molar-refractivity contribution in [3.63, 3.8) is 0 Å². The lowest BCUT2D eigenvalue weighted by molar-refractivity contribution is -0.125. The van der Waals surface area contributed by atoms with Gasteiger partial charge in [-0.3, -0.25) is 13.9 Å². The van der Waals surface area contributed by atoms with E-state index in [2.05, 4.69) is 4.98 Å². The first kappa shape index (κ1) is 15.5. The predicted molar refractivity (Wildman–Crippen MR) is 91.5 cm³/mol. The average molecular weight is 330 g/mol. The second kappa shape index (κ2) is 5.06. The quantitative estimate of drug-likeness (QED) is 0.797. The van der Waals surface area contributed by atoms with E-state index in [0.29, 0.717) is 11.2 Å². The molecule has 0 aliphatic rings. The van der Waals surface area contributed by atoms with Gasteiger partial charge in [0.05, 0.1) is 5.52 Å². The zero-order chi connectivity index (χ0) is 16.9. The summed E-state index contributed by atoms with van der Waals surface area (Å²) in [5, 5.41) is 0. The van der Waals surface area contributed by atoms with E-state index in [1.165, 1.54) is 14.0 Å². The minimum Gasteiger partial charge on any atom is -0.368 e. The number of pyridine rings is 1. The first-order chi connectivity index (χ1) is 10.7. The van der Waals surface area contributed by atoms with Crippen molar-refractivity contribution in [3.05, 3.63) is 39.8 Å². The van der Waals surface area contributed by atoms with Gasteiger partial charge in [0.25, 0.3) is 0 Å². The van der Waals surface area contributed by atoms with Crippen molar-refractivity contribution in [3.8, 4) is 10.4 Å². The summed E-state index contributed by atoms with van der Waals surface area (Å²) in [5.41, 5.74) is 6.09. The van der Waals surface area contributed by atoms with Crippen LogP contribution in [0.15, 0.2) is 29.2 Å². The van der Waals surface area contributed by atoms with Crippen LogP contribution in [0.1, 0.15) is 18.7 Å². The number of hydrogen-bond donors (Lipinski definition) is 1. The molecule has 3 aromatic rings. The highest BCUT2D eigenvalue weighted by atomic mass is 32.1. The third kappa shape index (κ3) is 2.28. The molecule has 0 unspecified atom stereocenters. The number of carbonyl (C=O) groups is 1. The van der Waals surface area contributed by atoms with Crippen molar-refractivity contribution >= 4 is 28.4 Å². The van der Waals surface area contributed by atoms with Gasteiger partial charge in [-0.2, -0.15) is 0 Å². The summed E-state index contributed by atoms with van der Waals surface area (Å²) >= 11 is 1.65. The number of hydrogen-bond acceptors (Lipinski definition) is 4. The van der Waals surface area contributed by atoms with Gasteiger partial charge in [-0.25, -0.2) is 9.78 Å². The standard InChI is InChI=1S/C16H18N4O2S/c1-9-5-6-12(23-9)10-7-11-13(18-8-10)19(4)15(22)20(11)16(2,3)14(17)21/h5-8H,1-4H3,(H2,17,21). The molecule has 0 fully saturated rings. The maximum absolute atomic E-state index is 12.6. The molecular formula is C16H18N4O2S. The molecule has 3 heterocycles. The van der Waals surface area contributed by atoms with Gasteiger partial charge < -0.3 is 5.73 Å². The van der Waals surface area contributed by atoms with E-state index < -0.39 is 11.4 Å². The second-order valence-electron chi connectivity index (χ2n) is 6.08. The monoisotopic (exact) mass is 330 g/mol. The minimum atomic E-state index is -1.14. The predicted octanol–water partition coefficient (Wildman–Crippen LogP) is 1.99. The van der Waals surface area contributed by atoms with Crippen LogP contribution < -0.4 is 11.4 Å². The normalized spacial score (nSPS) is 12.0. The van der Waals surface area contributed by atoms with Crippen LogP contribution in [-0.2, 0) is 17.4 Å². The first-order valence-corrected chi connectivity index (χ1v) is 8.00. The molecule has 2 N–H and O–H groups in total. The molecule has 120 valence electrons. The van der Waals surface area contributed by atoms with Gasteiger partial charge in [-0.15, -0.1) is 11.3 Å². The Hall–Kier alpha value is -2.41. The number of imidazole rings is 1. The van der Waals surface area contributed by atoms with Gasteiger partial charge in [-0.05, 0) is 39.0 Å². The molecule has 6 nitrogen and oxygen atoms in total. The molecule has 3 aromatic heterocycles. The summed E-state index contributed by atoms with van der Waals surface area (Å²) in [5.74, 6) is -0.565. The Bertz CT molecular complexity index is 978. The minimum absolute atomic E-state index is 0.309. The van der Waals surface area contributed by atoms with E-state index in [9.17, 15) is 9.59 Å². The molecule has 1 amide bonds. The molecule has 0 aliphatic heterocycles. The number of rotatable bonds is 3. The van der Waals surface area contributed by atoms with E-state index >= 15 is 0 Å². The maximum Gasteiger partial charge on any atom is 0.331 e. The summed E-state index contributed by atoms with van der Waals surface area (Å²) in [4.78, 5) is 31.1. The van der Waals surface area contributed by atoms with E-state index in [1.807, 2.05) is 25.1 Å². The Kier molecular flexibility index (Phi) is 3.40. The third-order valence-electron chi connectivity index (χ3n) is 4.07. The Labute approximate surface area is 137 Å². The highest BCUT2D eigenvalue weighted by Crippen LogP contribution is 2.30. The fraction of sp³-hybridized carbons (Fsp3) is 0.312. The molecule has 0 saturated heterocycles. The summed E-state index contributed by atoms with van der Waals surface area (Å²) in [6.07, 6.45) is 1.74. The van der Waals surface area contributed by atoms with Gasteiger partial charge in [0.15, 0.2) is 5.65 Å². The zero-order valence-electron chi connectivity index (χ0n) is 13.5. The molecule has 0 atom stereocenters. The Morgan fingerprint density at radius 3 is 2.61 bits per heavy atom. The molecule has 0 aliphatic carbocycles. The number of fused-ring (bicyclic) bond motifs is 1. The summed E-state index contributed by atoms with van der Waals surface area (Å²) in [6.45, 7) is 5.31. The summed E-state index contributed by atoms with van der Waals surface area (Å²) in [7, 11) is 1.64. The number of thiophene rings is 1. The Morgan fingerprint density at radius 1 is 1.35 bits per heavy atom. The van der Waals surface area contributed by atoms with Crippen LogP contribution >= 0.6 is 11.3 Å². The van der Waals surface area contributed by atoms with Crippen LogP contribution in [0.4, 0.5) is 0 Å². The van der Waals surface area contributed by atoms with Crippen molar-refractivity contribution in [1.29, 1.82) is 0 Å². The van der Waals surface area contributed by atoms with Gasteiger partial charge in [0.2, 0.25) is 5.91 Å². The number of nitrogens with two attached hydrogens (primary N) is 1. The fourth-order valence-electron chi connectivity index (χ4n) is 2.59. The van der Waals surface area contributed by atoms with Gasteiger partial charge in [-0.1, -0.05) is 0 Å². The molecule has 7 heteroatoms. The number of primary amides is 1. The van der Waals surface area contributed by atoms with E-state index in [-0.39, 0.29) is 5.69 Å². The van der Waals surface area contributed by atoms with Gasteiger partial charge in [0, 0.05) is 28.6 Å². The van der Waals surface area contributed by atoms with Crippen molar-refractivity contribution in [2.45, 2.75) is 26.3 Å². The van der Waals surface area contributed by atoms with Crippen molar-refractivity contribution < 1.29 is 4.79 Å². The van der Waals surface area contributed by atoms with Crippen LogP contribution in [-0.4, -0.2) is 20.0 Å². The lowest BCUT2D eigenvalue weighted by Crippen LogP contribution is -2.46. The highest BCUT2D eigenvalue weighted by molar-refractivity contribution is 7.15. The second-order valence-corrected chi connectivity index (χ2v) is 7.37. The molecular weight excluding hydrogens is 312 g/mol. The zero-order valence-corrected chi connectivity index (χ0v) is 14.3. The lowest BCUT2D eigenvalue weighted by Gasteiger charge is -2.22. The molecule has 0 aromatic carbocycles. The number of aryl methyl sites for hydroxylation is 2. The summed E-state index contributed by atoms with van der Waals surface area (Å²) < 4.78 is 2.85.